The Bertz CT molecular complexity index is 1990. The van der Waals surface area contributed by atoms with Gasteiger partial charge in [0, 0.05) is 47.6 Å². The number of thioether (sulfide) groups is 1. The summed E-state index contributed by atoms with van der Waals surface area (Å²) in [4.78, 5) is 34.8. The predicted octanol–water partition coefficient (Wildman–Crippen LogP) is 3.94. The van der Waals surface area contributed by atoms with Crippen LogP contribution in [0.25, 0.3) is 5.57 Å². The quantitative estimate of drug-likeness (QED) is 0.0627. The van der Waals surface area contributed by atoms with Gasteiger partial charge in [0.15, 0.2) is 5.16 Å². The van der Waals surface area contributed by atoms with Crippen LogP contribution < -0.4 is 5.56 Å². The van der Waals surface area contributed by atoms with Crippen LogP contribution in [0.3, 0.4) is 0 Å². The second-order valence-corrected chi connectivity index (χ2v) is 14.6. The maximum absolute atomic E-state index is 14.7. The molecule has 0 unspecified atom stereocenters. The lowest BCUT2D eigenvalue weighted by molar-refractivity contribution is -0.137. The van der Waals surface area contributed by atoms with Crippen molar-refractivity contribution in [2.45, 2.75) is 73.1 Å². The third kappa shape index (κ3) is 10.5. The van der Waals surface area contributed by atoms with Crippen LogP contribution in [0, 0.1) is 18.2 Å². The molecule has 3 aromatic rings. The molecular formula is C37H34B6F4N4O2S. The van der Waals surface area contributed by atoms with Gasteiger partial charge >= 0.3 is 6.18 Å². The Morgan fingerprint density at radius 2 is 1.57 bits per heavy atom. The van der Waals surface area contributed by atoms with E-state index >= 15 is 0 Å². The number of allylic oxidation sites excluding steroid dienone is 3. The maximum atomic E-state index is 14.7. The minimum Gasteiger partial charge on any atom is -0.337 e. The summed E-state index contributed by atoms with van der Waals surface area (Å²) >= 11 is 1.12. The molecule has 54 heavy (non-hydrogen) atoms. The molecule has 0 N–H and O–H groups in total. The number of hydrogen-bond donors (Lipinski definition) is 0. The van der Waals surface area contributed by atoms with E-state index in [4.69, 9.17) is 53.5 Å². The molecule has 0 spiro atoms. The zero-order chi connectivity index (χ0) is 40.2. The molecule has 1 aliphatic carbocycles. The number of hydrogen-bond acceptors (Lipinski definition) is 5. The van der Waals surface area contributed by atoms with Crippen LogP contribution in [0.5, 0.6) is 0 Å². The highest BCUT2D eigenvalue weighted by Gasteiger charge is 2.39. The highest BCUT2D eigenvalue weighted by molar-refractivity contribution is 7.98. The van der Waals surface area contributed by atoms with Gasteiger partial charge in [-0.25, -0.2) is 4.39 Å². The van der Waals surface area contributed by atoms with E-state index < -0.39 is 45.0 Å². The molecule has 12 radical (unpaired) electrons. The molecule has 266 valence electrons. The first kappa shape index (κ1) is 43.0. The predicted molar refractivity (Wildman–Crippen MR) is 211 cm³/mol. The number of carbonyl (C=O) groups excluding carboxylic acids is 1. The van der Waals surface area contributed by atoms with Crippen molar-refractivity contribution in [3.63, 3.8) is 0 Å². The van der Waals surface area contributed by atoms with Gasteiger partial charge in [-0.15, -0.1) is 6.42 Å². The van der Waals surface area contributed by atoms with E-state index in [-0.39, 0.29) is 30.5 Å². The number of rotatable bonds is 14. The van der Waals surface area contributed by atoms with E-state index in [1.807, 2.05) is 0 Å². The van der Waals surface area contributed by atoms with E-state index in [1.54, 1.807) is 31.2 Å². The number of halogens is 4. The van der Waals surface area contributed by atoms with Crippen LogP contribution >= 0.6 is 11.8 Å². The minimum absolute atomic E-state index is 0.0359. The van der Waals surface area contributed by atoms with E-state index in [9.17, 15) is 27.2 Å². The number of alkyl halides is 3. The number of amides is 1. The van der Waals surface area contributed by atoms with Crippen LogP contribution in [-0.4, -0.2) is 103 Å². The van der Waals surface area contributed by atoms with E-state index in [0.717, 1.165) is 29.5 Å². The van der Waals surface area contributed by atoms with Crippen LogP contribution in [0.15, 0.2) is 76.2 Å². The van der Waals surface area contributed by atoms with Crippen LogP contribution in [0.2, 0.25) is 0 Å². The zero-order valence-corrected chi connectivity index (χ0v) is 31.1. The van der Waals surface area contributed by atoms with E-state index in [1.165, 1.54) is 52.5 Å². The Kier molecular flexibility index (Phi) is 13.5. The van der Waals surface area contributed by atoms with Crippen molar-refractivity contribution in [2.24, 2.45) is 0 Å². The van der Waals surface area contributed by atoms with Gasteiger partial charge in [-0.1, -0.05) is 78.1 Å². The first-order chi connectivity index (χ1) is 25.0. The fourth-order valence-electron chi connectivity index (χ4n) is 6.20. The van der Waals surface area contributed by atoms with Crippen molar-refractivity contribution >= 4 is 70.3 Å². The summed E-state index contributed by atoms with van der Waals surface area (Å²) in [5.41, 5.74) is 1.59. The minimum atomic E-state index is -4.51. The maximum Gasteiger partial charge on any atom is 0.416 e. The summed E-state index contributed by atoms with van der Waals surface area (Å²) in [6.45, 7) is 4.49. The van der Waals surface area contributed by atoms with Gasteiger partial charge in [-0.05, 0) is 67.7 Å². The van der Waals surface area contributed by atoms with Gasteiger partial charge < -0.3 is 14.4 Å². The number of carbonyl (C=O) groups is 1. The van der Waals surface area contributed by atoms with Crippen molar-refractivity contribution in [3.05, 3.63) is 110 Å². The fourth-order valence-corrected chi connectivity index (χ4v) is 7.23. The Morgan fingerprint density at radius 1 is 0.963 bits per heavy atom. The van der Waals surface area contributed by atoms with Crippen molar-refractivity contribution in [1.29, 1.82) is 0 Å². The lowest BCUT2D eigenvalue weighted by Gasteiger charge is -2.48. The Hall–Kier alpha value is -3.75. The van der Waals surface area contributed by atoms with Crippen molar-refractivity contribution in [3.8, 4) is 12.3 Å². The second-order valence-electron chi connectivity index (χ2n) is 13.7. The van der Waals surface area contributed by atoms with Gasteiger partial charge in [0.2, 0.25) is 5.91 Å². The van der Waals surface area contributed by atoms with Gasteiger partial charge in [-0.3, -0.25) is 9.59 Å². The van der Waals surface area contributed by atoms with Crippen LogP contribution in [-0.2, 0) is 34.9 Å². The summed E-state index contributed by atoms with van der Waals surface area (Å²) in [6.07, 6.45) is 5.82. The van der Waals surface area contributed by atoms with Gasteiger partial charge in [0.25, 0.3) is 5.56 Å². The summed E-state index contributed by atoms with van der Waals surface area (Å²) < 4.78 is 54.4. The monoisotopic (exact) mass is 740 g/mol. The van der Waals surface area contributed by atoms with Crippen molar-refractivity contribution in [1.82, 2.24) is 19.4 Å². The third-order valence-corrected chi connectivity index (χ3v) is 9.81. The standard InChI is InChI=1S/C37H34B6F4N4O2S/c1-5-25(26-13-15-27(16-14-26)37(45,46)47)12-9-23(2)21-49(19-20-50(34(3,38)39)35(4,40)41)32(53)36(42,43)51-30-8-6-7-29(30)31(52)48-33(51)54-22-24-10-17-28(44)18-11-24/h1,9-18H,6-8,19-22H2,2-4H3/b23-9+,25-12+. The molecule has 0 atom stereocenters. The number of nitrogens with zero attached hydrogens (tertiary/aromatic N) is 4. The molecule has 6 nitrogen and oxygen atoms in total. The number of aromatic nitrogens is 2. The molecule has 0 bridgehead atoms. The normalized spacial score (nSPS) is 14.2. The Labute approximate surface area is 326 Å². The summed E-state index contributed by atoms with van der Waals surface area (Å²) in [5, 5.41) is -5.21. The van der Waals surface area contributed by atoms with Crippen molar-refractivity contribution in [2.75, 3.05) is 19.6 Å². The highest BCUT2D eigenvalue weighted by atomic mass is 32.2. The zero-order valence-electron chi connectivity index (χ0n) is 30.3. The highest BCUT2D eigenvalue weighted by Crippen LogP contribution is 2.32. The van der Waals surface area contributed by atoms with Gasteiger partial charge in [0.05, 0.1) is 36.9 Å². The van der Waals surface area contributed by atoms with Crippen LogP contribution in [0.4, 0.5) is 17.6 Å². The SMILES string of the molecule is [B]C([B])(C)N(CCN(C/C(C)=C/C=C(\C#C)c1ccc(C(F)(F)F)cc1)C(=O)C([B])([B])n1c(SCc2ccc(F)cc2)nc(=O)c2c1CCC2)C([B])([B])C. The molecule has 0 saturated heterocycles. The number of benzene rings is 2. The fraction of sp³-hybridized carbons (Fsp3) is 0.378. The molecule has 17 heteroatoms. The summed E-state index contributed by atoms with van der Waals surface area (Å²) in [7, 11) is 38.4. The van der Waals surface area contributed by atoms with Gasteiger partial charge in [0.1, 0.15) is 21.5 Å². The second kappa shape index (κ2) is 16.9. The lowest BCUT2D eigenvalue weighted by Crippen LogP contribution is -2.62. The van der Waals surface area contributed by atoms with Gasteiger partial charge in [-0.2, -0.15) is 18.2 Å². The topological polar surface area (TPSA) is 58.4 Å². The number of terminal acetylenes is 1. The molecule has 1 amide bonds. The largest absolute Gasteiger partial charge is 0.416 e. The molecule has 4 rings (SSSR count). The van der Waals surface area contributed by atoms with Crippen LogP contribution in [0.1, 0.15) is 55.1 Å². The summed E-state index contributed by atoms with van der Waals surface area (Å²) in [5.74, 6) is 1.56. The number of fused-ring (bicyclic) bond motifs is 1. The average Bonchev–Trinajstić information content (AvgIpc) is 3.56. The first-order valence-corrected chi connectivity index (χ1v) is 17.9. The van der Waals surface area contributed by atoms with Crippen molar-refractivity contribution < 1.29 is 22.4 Å². The molecule has 0 aliphatic heterocycles. The molecule has 1 heterocycles. The van der Waals surface area contributed by atoms with E-state index in [0.29, 0.717) is 47.2 Å². The lowest BCUT2D eigenvalue weighted by atomic mass is 9.54. The Morgan fingerprint density at radius 3 is 2.13 bits per heavy atom. The molecule has 2 aromatic carbocycles. The average molecular weight is 740 g/mol. The summed E-state index contributed by atoms with van der Waals surface area (Å²) in [6, 6.07) is 10.2. The molecule has 1 aliphatic rings. The smallest absolute Gasteiger partial charge is 0.337 e. The van der Waals surface area contributed by atoms with E-state index in [2.05, 4.69) is 10.9 Å². The molecule has 1 aromatic heterocycles. The molecular weight excluding hydrogens is 705 g/mol. The Balaban J connectivity index is 1.74. The molecule has 0 saturated carbocycles. The third-order valence-electron chi connectivity index (χ3n) is 8.80. The first-order valence-electron chi connectivity index (χ1n) is 16.9. The molecule has 0 fully saturated rings.